The van der Waals surface area contributed by atoms with Crippen LogP contribution in [0.15, 0.2) is 17.3 Å². The van der Waals surface area contributed by atoms with Crippen molar-refractivity contribution in [1.82, 2.24) is 5.32 Å². The number of phosphoric acid groups is 1. The zero-order chi connectivity index (χ0) is 47.6. The second kappa shape index (κ2) is 34.8. The van der Waals surface area contributed by atoms with Crippen molar-refractivity contribution < 1.29 is 64.4 Å². The monoisotopic (exact) mass is 936 g/mol. The van der Waals surface area contributed by atoms with Crippen LogP contribution in [0.25, 0.3) is 10.4 Å². The topological polar surface area (TPSA) is 189 Å². The summed E-state index contributed by atoms with van der Waals surface area (Å²) >= 11 is 0. The number of likely N-dealkylation sites (N-methyl/N-ethyl adjacent to an activating group) is 1. The van der Waals surface area contributed by atoms with Gasteiger partial charge in [0.15, 0.2) is 29.4 Å². The standard InChI is InChI=1S/C45H74F4N5O9P/c1-5-6-7-8-9-10-11-12-13-14-15-17-21-24-27-30-38(56)63-36(35-62-64(58,59)61-33-32-54(2,3)4)34-60-37(55)29-26-23-20-18-16-19-22-25-28-31-51-45(57)39-40(46)42(48)44(52-53-50)43(49)41(39)47/h12-13,36H,5-11,14-35H2,1-4H3,(H-,51,57,58,59)/b13-12+. The highest BCUT2D eigenvalue weighted by Gasteiger charge is 2.29. The van der Waals surface area contributed by atoms with E-state index in [0.717, 1.165) is 77.0 Å². The summed E-state index contributed by atoms with van der Waals surface area (Å²) in [5, 5.41) is 4.83. The second-order valence-electron chi connectivity index (χ2n) is 17.1. The number of halogens is 4. The van der Waals surface area contributed by atoms with Crippen molar-refractivity contribution in [3.05, 3.63) is 51.4 Å². The number of nitrogens with one attached hydrogen (secondary N) is 1. The Balaban J connectivity index is 2.34. The molecule has 2 atom stereocenters. The molecule has 0 bridgehead atoms. The minimum atomic E-state index is -4.71. The van der Waals surface area contributed by atoms with Gasteiger partial charge in [-0.1, -0.05) is 121 Å². The van der Waals surface area contributed by atoms with Gasteiger partial charge in [0.1, 0.15) is 31.0 Å². The zero-order valence-corrected chi connectivity index (χ0v) is 39.6. The summed E-state index contributed by atoms with van der Waals surface area (Å²) in [7, 11) is 0.949. The molecule has 0 spiro atoms. The summed E-state index contributed by atoms with van der Waals surface area (Å²) in [6, 6.07) is 0. The molecule has 0 saturated carbocycles. The molecule has 1 rings (SSSR count). The number of rotatable bonds is 39. The molecule has 0 aromatic heterocycles. The van der Waals surface area contributed by atoms with Crippen molar-refractivity contribution in [3.63, 3.8) is 0 Å². The van der Waals surface area contributed by atoms with Gasteiger partial charge in [-0.15, -0.1) is 0 Å². The zero-order valence-electron chi connectivity index (χ0n) is 38.7. The van der Waals surface area contributed by atoms with E-state index in [1.807, 2.05) is 21.1 Å². The van der Waals surface area contributed by atoms with Gasteiger partial charge in [0.25, 0.3) is 13.7 Å². The van der Waals surface area contributed by atoms with Crippen molar-refractivity contribution in [1.29, 1.82) is 0 Å². The number of nitrogens with zero attached hydrogens (tertiary/aromatic N) is 4. The molecule has 1 amide bonds. The van der Waals surface area contributed by atoms with Crippen molar-refractivity contribution >= 4 is 31.4 Å². The molecule has 1 N–H and O–H groups in total. The van der Waals surface area contributed by atoms with Crippen molar-refractivity contribution in [2.24, 2.45) is 5.11 Å². The Labute approximate surface area is 378 Å². The summed E-state index contributed by atoms with van der Waals surface area (Å²) in [4.78, 5) is 51.9. The van der Waals surface area contributed by atoms with Crippen molar-refractivity contribution in [3.8, 4) is 0 Å². The molecular formula is C45H74F4N5O9P. The number of carbonyl (C=O) groups is 3. The smallest absolute Gasteiger partial charge is 0.306 e. The van der Waals surface area contributed by atoms with E-state index in [2.05, 4.69) is 34.4 Å². The van der Waals surface area contributed by atoms with Gasteiger partial charge in [-0.2, -0.15) is 0 Å². The minimum absolute atomic E-state index is 0.0222. The number of unbranched alkanes of at least 4 members (excludes halogenated alkanes) is 19. The number of hydrogen-bond donors (Lipinski definition) is 1. The Bertz CT molecular complexity index is 1610. The van der Waals surface area contributed by atoms with Crippen LogP contribution in [0.5, 0.6) is 0 Å². The van der Waals surface area contributed by atoms with Crippen LogP contribution in [0, 0.1) is 23.3 Å². The third kappa shape index (κ3) is 28.4. The average molecular weight is 936 g/mol. The highest BCUT2D eigenvalue weighted by atomic mass is 31.2. The number of benzene rings is 1. The number of amides is 1. The van der Waals surface area contributed by atoms with E-state index in [-0.39, 0.29) is 32.6 Å². The number of phosphoric ester groups is 1. The molecule has 19 heteroatoms. The van der Waals surface area contributed by atoms with Crippen LogP contribution in [0.2, 0.25) is 0 Å². The van der Waals surface area contributed by atoms with Crippen LogP contribution in [0.1, 0.15) is 171 Å². The Kier molecular flexibility index (Phi) is 31.8. The van der Waals surface area contributed by atoms with Gasteiger partial charge in [0.2, 0.25) is 0 Å². The van der Waals surface area contributed by atoms with Gasteiger partial charge in [-0.05, 0) is 50.5 Å². The number of carbonyl (C=O) groups excluding carboxylic acids is 3. The first kappa shape index (κ1) is 58.5. The maximum absolute atomic E-state index is 14.2. The summed E-state index contributed by atoms with van der Waals surface area (Å²) < 4.78 is 90.0. The summed E-state index contributed by atoms with van der Waals surface area (Å²) in [5.74, 6) is -10.2. The lowest BCUT2D eigenvalue weighted by atomic mass is 10.1. The Morgan fingerprint density at radius 1 is 0.719 bits per heavy atom. The summed E-state index contributed by atoms with van der Waals surface area (Å²) in [5.41, 5.74) is 5.42. The van der Waals surface area contributed by atoms with Gasteiger partial charge in [0.05, 0.1) is 27.7 Å². The van der Waals surface area contributed by atoms with Gasteiger partial charge >= 0.3 is 11.9 Å². The third-order valence-corrected chi connectivity index (χ3v) is 11.2. The number of quaternary nitrogens is 1. The number of esters is 2. The van der Waals surface area contributed by atoms with E-state index in [4.69, 9.17) is 24.1 Å². The predicted molar refractivity (Wildman–Crippen MR) is 236 cm³/mol. The van der Waals surface area contributed by atoms with Crippen LogP contribution in [0.3, 0.4) is 0 Å². The number of ether oxygens (including phenoxy) is 2. The third-order valence-electron chi connectivity index (χ3n) is 10.3. The molecule has 0 fully saturated rings. The quantitative estimate of drug-likeness (QED) is 0.00640. The van der Waals surface area contributed by atoms with E-state index in [9.17, 15) is 41.4 Å². The average Bonchev–Trinajstić information content (AvgIpc) is 3.23. The molecule has 2 unspecified atom stereocenters. The lowest BCUT2D eigenvalue weighted by Crippen LogP contribution is -2.37. The predicted octanol–water partition coefficient (Wildman–Crippen LogP) is 11.5. The van der Waals surface area contributed by atoms with Crippen LogP contribution < -0.4 is 10.2 Å². The molecule has 366 valence electrons. The molecule has 0 radical (unpaired) electrons. The van der Waals surface area contributed by atoms with Crippen molar-refractivity contribution in [2.75, 3.05) is 54.1 Å². The van der Waals surface area contributed by atoms with E-state index >= 15 is 0 Å². The molecular weight excluding hydrogens is 861 g/mol. The highest BCUT2D eigenvalue weighted by molar-refractivity contribution is 7.45. The summed E-state index contributed by atoms with van der Waals surface area (Å²) in [6.45, 7) is 1.65. The Morgan fingerprint density at radius 2 is 1.20 bits per heavy atom. The molecule has 14 nitrogen and oxygen atoms in total. The van der Waals surface area contributed by atoms with Crippen LogP contribution in [0.4, 0.5) is 23.2 Å². The maximum atomic E-state index is 14.2. The summed E-state index contributed by atoms with van der Waals surface area (Å²) in [6.07, 6.45) is 25.1. The first-order chi connectivity index (χ1) is 30.5. The highest BCUT2D eigenvalue weighted by Crippen LogP contribution is 2.38. The normalized spacial score (nSPS) is 13.1. The van der Waals surface area contributed by atoms with Gasteiger partial charge < -0.3 is 33.2 Å². The van der Waals surface area contributed by atoms with E-state index in [0.29, 0.717) is 36.7 Å². The second-order valence-corrected chi connectivity index (χ2v) is 18.5. The first-order valence-electron chi connectivity index (χ1n) is 23.1. The lowest BCUT2D eigenvalue weighted by molar-refractivity contribution is -0.870. The molecule has 1 aromatic carbocycles. The molecule has 0 aliphatic heterocycles. The number of azide groups is 1. The fourth-order valence-electron chi connectivity index (χ4n) is 6.47. The molecule has 0 aliphatic rings. The van der Waals surface area contributed by atoms with E-state index in [1.165, 1.54) is 38.5 Å². The van der Waals surface area contributed by atoms with E-state index in [1.54, 1.807) is 0 Å². The number of allylic oxidation sites excluding steroid dienone is 2. The first-order valence-corrected chi connectivity index (χ1v) is 24.6. The fraction of sp³-hybridized carbons (Fsp3) is 0.756. The molecule has 1 aromatic rings. The van der Waals surface area contributed by atoms with Crippen LogP contribution in [-0.2, 0) is 32.7 Å². The molecule has 0 heterocycles. The van der Waals surface area contributed by atoms with Crippen LogP contribution in [-0.4, -0.2) is 82.5 Å². The van der Waals surface area contributed by atoms with Crippen molar-refractivity contribution in [2.45, 2.75) is 167 Å². The fourth-order valence-corrected chi connectivity index (χ4v) is 7.20. The van der Waals surface area contributed by atoms with Crippen LogP contribution >= 0.6 is 7.82 Å². The number of hydrogen-bond acceptors (Lipinski definition) is 10. The van der Waals surface area contributed by atoms with Gasteiger partial charge in [-0.3, -0.25) is 18.9 Å². The molecule has 64 heavy (non-hydrogen) atoms. The van der Waals surface area contributed by atoms with Gasteiger partial charge in [0, 0.05) is 24.3 Å². The SMILES string of the molecule is CCCCCCCC/C=C/CCCCCCCC(=O)OC(COC(=O)CCCCCCCCCCCNC(=O)c1c(F)c(F)c(N=[N+]=[N-])c(F)c1F)COP(=O)([O-])OCC[N+](C)(C)C. The maximum Gasteiger partial charge on any atom is 0.306 e. The lowest BCUT2D eigenvalue weighted by Gasteiger charge is -2.28. The molecule has 0 aliphatic carbocycles. The Morgan fingerprint density at radius 3 is 1.72 bits per heavy atom. The van der Waals surface area contributed by atoms with Gasteiger partial charge in [-0.25, -0.2) is 17.6 Å². The Hall–Kier alpha value is -3.53. The minimum Gasteiger partial charge on any atom is -0.756 e. The van der Waals surface area contributed by atoms with E-state index < -0.39 is 72.9 Å². The largest absolute Gasteiger partial charge is 0.756 e. The molecule has 0 saturated heterocycles.